The summed E-state index contributed by atoms with van der Waals surface area (Å²) in [7, 11) is 0. The average molecular weight is 270 g/mol. The SMILES string of the molecule is CCCn1nccc1C1(O)CCC(C)c2ccccc21. The lowest BCUT2D eigenvalue weighted by Crippen LogP contribution is -2.35. The van der Waals surface area contributed by atoms with E-state index in [4.69, 9.17) is 0 Å². The molecule has 0 fully saturated rings. The van der Waals surface area contributed by atoms with Crippen molar-refractivity contribution in [1.82, 2.24) is 9.78 Å². The Kier molecular flexibility index (Phi) is 3.38. The second kappa shape index (κ2) is 5.06. The first-order chi connectivity index (χ1) is 9.66. The van der Waals surface area contributed by atoms with Crippen LogP contribution < -0.4 is 0 Å². The lowest BCUT2D eigenvalue weighted by Gasteiger charge is -2.37. The monoisotopic (exact) mass is 270 g/mol. The predicted molar refractivity (Wildman–Crippen MR) is 79.6 cm³/mol. The number of nitrogens with zero attached hydrogens (tertiary/aromatic N) is 2. The molecular formula is C17H22N2O. The van der Waals surface area contributed by atoms with E-state index in [-0.39, 0.29) is 0 Å². The highest BCUT2D eigenvalue weighted by Gasteiger charge is 2.40. The third kappa shape index (κ3) is 1.97. The summed E-state index contributed by atoms with van der Waals surface area (Å²) in [5, 5.41) is 15.7. The van der Waals surface area contributed by atoms with Gasteiger partial charge in [0.05, 0.1) is 5.69 Å². The van der Waals surface area contributed by atoms with Gasteiger partial charge < -0.3 is 5.11 Å². The van der Waals surface area contributed by atoms with Crippen molar-refractivity contribution in [2.24, 2.45) is 0 Å². The minimum absolute atomic E-state index is 0.508. The highest BCUT2D eigenvalue weighted by molar-refractivity contribution is 5.42. The smallest absolute Gasteiger partial charge is 0.131 e. The molecule has 20 heavy (non-hydrogen) atoms. The predicted octanol–water partition coefficient (Wildman–Crippen LogP) is 3.43. The summed E-state index contributed by atoms with van der Waals surface area (Å²) in [5.74, 6) is 0.508. The summed E-state index contributed by atoms with van der Waals surface area (Å²) in [4.78, 5) is 0. The van der Waals surface area contributed by atoms with Gasteiger partial charge in [-0.1, -0.05) is 38.1 Å². The van der Waals surface area contributed by atoms with Gasteiger partial charge in [-0.05, 0) is 42.4 Å². The lowest BCUT2D eigenvalue weighted by molar-refractivity contribution is 0.0485. The highest BCUT2D eigenvalue weighted by Crippen LogP contribution is 2.44. The summed E-state index contributed by atoms with van der Waals surface area (Å²) < 4.78 is 1.95. The Balaban J connectivity index is 2.13. The van der Waals surface area contributed by atoms with E-state index < -0.39 is 5.60 Å². The largest absolute Gasteiger partial charge is 0.379 e. The molecule has 0 bridgehead atoms. The third-order valence-electron chi connectivity index (χ3n) is 4.45. The van der Waals surface area contributed by atoms with Gasteiger partial charge in [-0.25, -0.2) is 0 Å². The number of hydrogen-bond acceptors (Lipinski definition) is 2. The minimum atomic E-state index is -0.894. The molecule has 3 heteroatoms. The minimum Gasteiger partial charge on any atom is -0.379 e. The quantitative estimate of drug-likeness (QED) is 0.928. The lowest BCUT2D eigenvalue weighted by atomic mass is 9.73. The van der Waals surface area contributed by atoms with Crippen molar-refractivity contribution in [3.63, 3.8) is 0 Å². The zero-order valence-corrected chi connectivity index (χ0v) is 12.2. The van der Waals surface area contributed by atoms with Crippen LogP contribution in [0, 0.1) is 0 Å². The van der Waals surface area contributed by atoms with Crippen molar-refractivity contribution in [3.05, 3.63) is 53.3 Å². The summed E-state index contributed by atoms with van der Waals surface area (Å²) in [6, 6.07) is 10.2. The summed E-state index contributed by atoms with van der Waals surface area (Å²) in [6.45, 7) is 5.22. The average Bonchev–Trinajstić information content (AvgIpc) is 2.93. The van der Waals surface area contributed by atoms with Gasteiger partial charge in [0.15, 0.2) is 0 Å². The van der Waals surface area contributed by atoms with Crippen molar-refractivity contribution in [1.29, 1.82) is 0 Å². The molecular weight excluding hydrogens is 248 g/mol. The van der Waals surface area contributed by atoms with Crippen LogP contribution in [0.1, 0.15) is 55.8 Å². The number of benzene rings is 1. The Morgan fingerprint density at radius 3 is 2.95 bits per heavy atom. The van der Waals surface area contributed by atoms with E-state index in [2.05, 4.69) is 37.1 Å². The Morgan fingerprint density at radius 1 is 1.35 bits per heavy atom. The maximum Gasteiger partial charge on any atom is 0.131 e. The molecule has 1 aromatic carbocycles. The number of rotatable bonds is 3. The molecule has 0 saturated carbocycles. The van der Waals surface area contributed by atoms with Crippen LogP contribution in [0.4, 0.5) is 0 Å². The van der Waals surface area contributed by atoms with Gasteiger partial charge in [0.1, 0.15) is 5.60 Å². The van der Waals surface area contributed by atoms with Crippen molar-refractivity contribution in [2.75, 3.05) is 0 Å². The van der Waals surface area contributed by atoms with Gasteiger partial charge in [0, 0.05) is 12.7 Å². The first-order valence-electron chi connectivity index (χ1n) is 7.51. The second-order valence-corrected chi connectivity index (χ2v) is 5.83. The molecule has 3 rings (SSSR count). The van der Waals surface area contributed by atoms with E-state index in [1.165, 1.54) is 5.56 Å². The van der Waals surface area contributed by atoms with Crippen molar-refractivity contribution in [2.45, 2.75) is 51.2 Å². The number of aliphatic hydroxyl groups is 1. The molecule has 1 aliphatic rings. The summed E-state index contributed by atoms with van der Waals surface area (Å²) >= 11 is 0. The van der Waals surface area contributed by atoms with Crippen LogP contribution >= 0.6 is 0 Å². The van der Waals surface area contributed by atoms with E-state index in [1.54, 1.807) is 6.20 Å². The van der Waals surface area contributed by atoms with Crippen LogP contribution in [-0.4, -0.2) is 14.9 Å². The fourth-order valence-electron chi connectivity index (χ4n) is 3.36. The molecule has 1 N–H and O–H groups in total. The van der Waals surface area contributed by atoms with E-state index in [9.17, 15) is 5.11 Å². The van der Waals surface area contributed by atoms with Gasteiger partial charge >= 0.3 is 0 Å². The third-order valence-corrected chi connectivity index (χ3v) is 4.45. The Labute approximate surface area is 120 Å². The molecule has 2 atom stereocenters. The molecule has 0 aliphatic heterocycles. The van der Waals surface area contributed by atoms with Crippen LogP contribution in [0.3, 0.4) is 0 Å². The first kappa shape index (κ1) is 13.4. The van der Waals surface area contributed by atoms with Crippen molar-refractivity contribution < 1.29 is 5.11 Å². The maximum absolute atomic E-state index is 11.3. The summed E-state index contributed by atoms with van der Waals surface area (Å²) in [6.07, 6.45) is 4.58. The normalized spacial score (nSPS) is 25.4. The molecule has 0 amide bonds. The van der Waals surface area contributed by atoms with Crippen molar-refractivity contribution in [3.8, 4) is 0 Å². The number of aryl methyl sites for hydroxylation is 1. The fraction of sp³-hybridized carbons (Fsp3) is 0.471. The van der Waals surface area contributed by atoms with E-state index in [0.29, 0.717) is 5.92 Å². The molecule has 1 heterocycles. The van der Waals surface area contributed by atoms with E-state index in [0.717, 1.165) is 37.1 Å². The number of aromatic nitrogens is 2. The van der Waals surface area contributed by atoms with Gasteiger partial charge in [-0.3, -0.25) is 4.68 Å². The number of hydrogen-bond donors (Lipinski definition) is 1. The standard InChI is InChI=1S/C17H22N2O/c1-3-12-19-16(9-11-18-19)17(20)10-8-13(2)14-6-4-5-7-15(14)17/h4-7,9,11,13,20H,3,8,10,12H2,1-2H3. The molecule has 0 radical (unpaired) electrons. The molecule has 106 valence electrons. The zero-order chi connectivity index (χ0) is 14.2. The number of fused-ring (bicyclic) bond motifs is 1. The molecule has 0 spiro atoms. The van der Waals surface area contributed by atoms with Gasteiger partial charge in [-0.2, -0.15) is 5.10 Å². The first-order valence-corrected chi connectivity index (χ1v) is 7.51. The molecule has 1 aliphatic carbocycles. The van der Waals surface area contributed by atoms with Crippen LogP contribution in [-0.2, 0) is 12.1 Å². The highest BCUT2D eigenvalue weighted by atomic mass is 16.3. The Bertz CT molecular complexity index is 605. The van der Waals surface area contributed by atoms with Crippen molar-refractivity contribution >= 4 is 0 Å². The maximum atomic E-state index is 11.3. The van der Waals surface area contributed by atoms with Crippen LogP contribution in [0.25, 0.3) is 0 Å². The molecule has 2 aromatic rings. The van der Waals surface area contributed by atoms with Crippen LogP contribution in [0.5, 0.6) is 0 Å². The molecule has 0 saturated heterocycles. The fourth-order valence-corrected chi connectivity index (χ4v) is 3.36. The Hall–Kier alpha value is -1.61. The van der Waals surface area contributed by atoms with Gasteiger partial charge in [-0.15, -0.1) is 0 Å². The zero-order valence-electron chi connectivity index (χ0n) is 12.2. The van der Waals surface area contributed by atoms with Gasteiger partial charge in [0.25, 0.3) is 0 Å². The van der Waals surface area contributed by atoms with Crippen LogP contribution in [0.15, 0.2) is 36.5 Å². The topological polar surface area (TPSA) is 38.0 Å². The molecule has 3 nitrogen and oxygen atoms in total. The van der Waals surface area contributed by atoms with Crippen LogP contribution in [0.2, 0.25) is 0 Å². The molecule has 1 aromatic heterocycles. The van der Waals surface area contributed by atoms with E-state index >= 15 is 0 Å². The molecule has 2 unspecified atom stereocenters. The Morgan fingerprint density at radius 2 is 2.15 bits per heavy atom. The van der Waals surface area contributed by atoms with Gasteiger partial charge in [0.2, 0.25) is 0 Å². The summed E-state index contributed by atoms with van der Waals surface area (Å²) in [5.41, 5.74) is 2.36. The van der Waals surface area contributed by atoms with E-state index in [1.807, 2.05) is 16.8 Å². The second-order valence-electron chi connectivity index (χ2n) is 5.83.